The van der Waals surface area contributed by atoms with E-state index >= 15 is 0 Å². The van der Waals surface area contributed by atoms with Crippen molar-refractivity contribution in [3.05, 3.63) is 33.9 Å². The van der Waals surface area contributed by atoms with Crippen LogP contribution in [0.5, 0.6) is 5.75 Å². The molecule has 0 saturated carbocycles. The molecule has 0 atom stereocenters. The molecule has 0 spiro atoms. The smallest absolute Gasteiger partial charge is 0.310 e. The SMILES string of the molecule is CCCNCc1ccc([N+](=O)[O-])c(OCCC(C)(C)C)c1. The minimum Gasteiger partial charge on any atom is -0.487 e. The van der Waals surface area contributed by atoms with Crippen molar-refractivity contribution in [1.29, 1.82) is 0 Å². The summed E-state index contributed by atoms with van der Waals surface area (Å²) in [6.07, 6.45) is 1.91. The third kappa shape index (κ3) is 6.58. The van der Waals surface area contributed by atoms with Gasteiger partial charge < -0.3 is 10.1 Å². The van der Waals surface area contributed by atoms with Gasteiger partial charge in [0, 0.05) is 12.6 Å². The van der Waals surface area contributed by atoms with Crippen molar-refractivity contribution < 1.29 is 9.66 Å². The summed E-state index contributed by atoms with van der Waals surface area (Å²) in [6, 6.07) is 5.07. The topological polar surface area (TPSA) is 64.4 Å². The van der Waals surface area contributed by atoms with Gasteiger partial charge >= 0.3 is 5.69 Å². The number of nitro benzene ring substituents is 1. The Bertz CT molecular complexity index is 467. The van der Waals surface area contributed by atoms with Crippen molar-refractivity contribution in [3.8, 4) is 5.75 Å². The summed E-state index contributed by atoms with van der Waals surface area (Å²) in [5.74, 6) is 0.361. The quantitative estimate of drug-likeness (QED) is 0.448. The fourth-order valence-corrected chi connectivity index (χ4v) is 1.81. The number of benzene rings is 1. The normalized spacial score (nSPS) is 11.4. The molecule has 0 saturated heterocycles. The summed E-state index contributed by atoms with van der Waals surface area (Å²) >= 11 is 0. The molecule has 0 amide bonds. The minimum absolute atomic E-state index is 0.0307. The van der Waals surface area contributed by atoms with Gasteiger partial charge in [-0.3, -0.25) is 10.1 Å². The number of rotatable bonds is 8. The van der Waals surface area contributed by atoms with E-state index in [0.717, 1.165) is 24.9 Å². The summed E-state index contributed by atoms with van der Waals surface area (Å²) in [7, 11) is 0. The van der Waals surface area contributed by atoms with E-state index < -0.39 is 4.92 Å². The number of nitrogens with one attached hydrogen (secondary N) is 1. The molecular weight excluding hydrogens is 268 g/mol. The maximum Gasteiger partial charge on any atom is 0.310 e. The lowest BCUT2D eigenvalue weighted by Gasteiger charge is -2.18. The van der Waals surface area contributed by atoms with Crippen LogP contribution in [0.25, 0.3) is 0 Å². The molecule has 1 N–H and O–H groups in total. The molecule has 5 nitrogen and oxygen atoms in total. The van der Waals surface area contributed by atoms with Crippen LogP contribution in [0.15, 0.2) is 18.2 Å². The van der Waals surface area contributed by atoms with Crippen molar-refractivity contribution in [3.63, 3.8) is 0 Å². The average Bonchev–Trinajstić information content (AvgIpc) is 2.37. The van der Waals surface area contributed by atoms with Gasteiger partial charge in [0.25, 0.3) is 0 Å². The maximum absolute atomic E-state index is 11.1. The summed E-state index contributed by atoms with van der Waals surface area (Å²) in [5, 5.41) is 14.3. The van der Waals surface area contributed by atoms with E-state index in [4.69, 9.17) is 4.74 Å². The first-order valence-corrected chi connectivity index (χ1v) is 7.44. The highest BCUT2D eigenvalue weighted by atomic mass is 16.6. The summed E-state index contributed by atoms with van der Waals surface area (Å²) < 4.78 is 5.65. The Morgan fingerprint density at radius 1 is 1.33 bits per heavy atom. The van der Waals surface area contributed by atoms with E-state index in [2.05, 4.69) is 33.0 Å². The van der Waals surface area contributed by atoms with Gasteiger partial charge in [-0.2, -0.15) is 0 Å². The van der Waals surface area contributed by atoms with E-state index in [0.29, 0.717) is 18.9 Å². The van der Waals surface area contributed by atoms with Gasteiger partial charge in [-0.25, -0.2) is 0 Å². The van der Waals surface area contributed by atoms with Crippen LogP contribution in [-0.4, -0.2) is 18.1 Å². The van der Waals surface area contributed by atoms with E-state index in [1.807, 2.05) is 0 Å². The molecule has 0 heterocycles. The third-order valence-electron chi connectivity index (χ3n) is 3.09. The highest BCUT2D eigenvalue weighted by Gasteiger charge is 2.17. The van der Waals surface area contributed by atoms with Crippen LogP contribution in [-0.2, 0) is 6.54 Å². The van der Waals surface area contributed by atoms with Gasteiger partial charge in [-0.05, 0) is 36.4 Å². The standard InChI is InChI=1S/C16H26N2O3/c1-5-9-17-12-13-6-7-14(18(19)20)15(11-13)21-10-8-16(2,3)4/h6-7,11,17H,5,8-10,12H2,1-4H3. The van der Waals surface area contributed by atoms with Crippen LogP contribution >= 0.6 is 0 Å². The molecule has 0 unspecified atom stereocenters. The predicted octanol–water partition coefficient (Wildman–Crippen LogP) is 3.91. The maximum atomic E-state index is 11.1. The number of hydrogen-bond donors (Lipinski definition) is 1. The second-order valence-electron chi connectivity index (χ2n) is 6.40. The Hall–Kier alpha value is -1.62. The first-order chi connectivity index (χ1) is 9.83. The molecule has 0 aliphatic heterocycles. The lowest BCUT2D eigenvalue weighted by molar-refractivity contribution is -0.385. The predicted molar refractivity (Wildman–Crippen MR) is 84.7 cm³/mol. The van der Waals surface area contributed by atoms with Crippen molar-refractivity contribution in [1.82, 2.24) is 5.32 Å². The highest BCUT2D eigenvalue weighted by molar-refractivity contribution is 5.48. The molecule has 1 aromatic carbocycles. The molecular formula is C16H26N2O3. The number of ether oxygens (including phenoxy) is 1. The fraction of sp³-hybridized carbons (Fsp3) is 0.625. The molecule has 0 aliphatic rings. The van der Waals surface area contributed by atoms with Crippen molar-refractivity contribution in [2.75, 3.05) is 13.2 Å². The second kappa shape index (κ2) is 7.98. The van der Waals surface area contributed by atoms with E-state index in [1.165, 1.54) is 6.07 Å². The molecule has 0 aliphatic carbocycles. The largest absolute Gasteiger partial charge is 0.487 e. The summed E-state index contributed by atoms with van der Waals surface area (Å²) in [5.41, 5.74) is 1.18. The molecule has 0 bridgehead atoms. The Balaban J connectivity index is 2.76. The molecule has 1 aromatic rings. The van der Waals surface area contributed by atoms with E-state index in [9.17, 15) is 10.1 Å². The van der Waals surface area contributed by atoms with Gasteiger partial charge in [-0.15, -0.1) is 0 Å². The van der Waals surface area contributed by atoms with Crippen molar-refractivity contribution in [2.24, 2.45) is 5.41 Å². The monoisotopic (exact) mass is 294 g/mol. The van der Waals surface area contributed by atoms with Crippen LogP contribution in [0.2, 0.25) is 0 Å². The van der Waals surface area contributed by atoms with Crippen LogP contribution in [0.3, 0.4) is 0 Å². The zero-order valence-corrected chi connectivity index (χ0v) is 13.4. The van der Waals surface area contributed by atoms with Gasteiger partial charge in [0.05, 0.1) is 11.5 Å². The van der Waals surface area contributed by atoms with E-state index in [1.54, 1.807) is 12.1 Å². The molecule has 21 heavy (non-hydrogen) atoms. The lowest BCUT2D eigenvalue weighted by atomic mass is 9.93. The van der Waals surface area contributed by atoms with Crippen LogP contribution in [0.1, 0.15) is 46.1 Å². The Labute approximate surface area is 126 Å². The molecule has 118 valence electrons. The number of nitro groups is 1. The third-order valence-corrected chi connectivity index (χ3v) is 3.09. The summed E-state index contributed by atoms with van der Waals surface area (Å²) in [4.78, 5) is 10.7. The molecule has 1 rings (SSSR count). The molecule has 5 heteroatoms. The molecule has 0 fully saturated rings. The first-order valence-electron chi connectivity index (χ1n) is 7.44. The Morgan fingerprint density at radius 3 is 2.62 bits per heavy atom. The minimum atomic E-state index is -0.393. The van der Waals surface area contributed by atoms with E-state index in [-0.39, 0.29) is 11.1 Å². The first kappa shape index (κ1) is 17.4. The Morgan fingerprint density at radius 2 is 2.05 bits per heavy atom. The fourth-order valence-electron chi connectivity index (χ4n) is 1.81. The highest BCUT2D eigenvalue weighted by Crippen LogP contribution is 2.29. The van der Waals surface area contributed by atoms with Gasteiger partial charge in [0.15, 0.2) is 5.75 Å². The van der Waals surface area contributed by atoms with Crippen LogP contribution < -0.4 is 10.1 Å². The van der Waals surface area contributed by atoms with Crippen molar-refractivity contribution in [2.45, 2.75) is 47.1 Å². The Kier molecular flexibility index (Phi) is 6.62. The summed E-state index contributed by atoms with van der Waals surface area (Å²) in [6.45, 7) is 10.6. The van der Waals surface area contributed by atoms with Crippen molar-refractivity contribution >= 4 is 5.69 Å². The molecule has 0 radical (unpaired) electrons. The number of nitrogens with zero attached hydrogens (tertiary/aromatic N) is 1. The average molecular weight is 294 g/mol. The van der Waals surface area contributed by atoms with Crippen LogP contribution in [0, 0.1) is 15.5 Å². The van der Waals surface area contributed by atoms with Gasteiger partial charge in [0.1, 0.15) is 0 Å². The zero-order chi connectivity index (χ0) is 15.9. The second-order valence-corrected chi connectivity index (χ2v) is 6.40. The lowest BCUT2D eigenvalue weighted by Crippen LogP contribution is -2.14. The number of hydrogen-bond acceptors (Lipinski definition) is 4. The molecule has 0 aromatic heterocycles. The zero-order valence-electron chi connectivity index (χ0n) is 13.4. The van der Waals surface area contributed by atoms with Gasteiger partial charge in [-0.1, -0.05) is 33.8 Å². The van der Waals surface area contributed by atoms with Crippen LogP contribution in [0.4, 0.5) is 5.69 Å². The van der Waals surface area contributed by atoms with Gasteiger partial charge in [0.2, 0.25) is 0 Å².